The van der Waals surface area contributed by atoms with Crippen molar-refractivity contribution in [2.75, 3.05) is 6.61 Å². The van der Waals surface area contributed by atoms with E-state index in [1.165, 1.54) is 24.3 Å². The summed E-state index contributed by atoms with van der Waals surface area (Å²) >= 11 is 0. The molecule has 1 N–H and O–H groups in total. The fourth-order valence-corrected chi connectivity index (χ4v) is 1.80. The molecule has 9 heteroatoms. The molecule has 2 aromatic rings. The third-order valence-corrected chi connectivity index (χ3v) is 2.97. The maximum absolute atomic E-state index is 12.6. The second-order valence-corrected chi connectivity index (χ2v) is 4.84. The highest BCUT2D eigenvalue weighted by Gasteiger charge is 2.33. The van der Waals surface area contributed by atoms with E-state index in [4.69, 9.17) is 10.00 Å². The average molecular weight is 339 g/mol. The maximum atomic E-state index is 12.6. The van der Waals surface area contributed by atoms with Gasteiger partial charge >= 0.3 is 6.18 Å². The highest BCUT2D eigenvalue weighted by atomic mass is 19.4. The molecule has 6 nitrogen and oxygen atoms in total. The van der Waals surface area contributed by atoms with Gasteiger partial charge in [0.1, 0.15) is 18.5 Å². The van der Waals surface area contributed by atoms with Gasteiger partial charge in [0.2, 0.25) is 0 Å². The maximum Gasteiger partial charge on any atom is 0.435 e. The Morgan fingerprint density at radius 2 is 1.92 bits per heavy atom. The van der Waals surface area contributed by atoms with Crippen LogP contribution in [0.3, 0.4) is 0 Å². The van der Waals surface area contributed by atoms with Crippen molar-refractivity contribution in [3.05, 3.63) is 58.0 Å². The molecule has 0 spiro atoms. The zero-order valence-corrected chi connectivity index (χ0v) is 12.2. The van der Waals surface area contributed by atoms with Crippen LogP contribution in [0, 0.1) is 11.3 Å². The second-order valence-electron chi connectivity index (χ2n) is 4.84. The summed E-state index contributed by atoms with van der Waals surface area (Å²) in [4.78, 5) is 11.5. The minimum Gasteiger partial charge on any atom is -0.491 e. The van der Waals surface area contributed by atoms with E-state index >= 15 is 0 Å². The number of nitriles is 1. The Morgan fingerprint density at radius 3 is 2.50 bits per heavy atom. The Kier molecular flexibility index (Phi) is 5.21. The monoisotopic (exact) mass is 339 g/mol. The van der Waals surface area contributed by atoms with Crippen molar-refractivity contribution in [1.82, 2.24) is 9.78 Å². The Hall–Kier alpha value is -2.86. The van der Waals surface area contributed by atoms with Crippen molar-refractivity contribution in [3.8, 4) is 11.8 Å². The Morgan fingerprint density at radius 1 is 1.25 bits per heavy atom. The summed E-state index contributed by atoms with van der Waals surface area (Å²) in [6.45, 7) is -0.699. The Bertz CT molecular complexity index is 795. The van der Waals surface area contributed by atoms with E-state index < -0.39 is 30.1 Å². The molecule has 1 heterocycles. The summed E-state index contributed by atoms with van der Waals surface area (Å²) < 4.78 is 43.5. The first kappa shape index (κ1) is 17.5. The van der Waals surface area contributed by atoms with Gasteiger partial charge < -0.3 is 9.84 Å². The van der Waals surface area contributed by atoms with E-state index in [9.17, 15) is 23.1 Å². The van der Waals surface area contributed by atoms with Crippen LogP contribution in [0.1, 0.15) is 11.3 Å². The van der Waals surface area contributed by atoms with Crippen LogP contribution in [0.5, 0.6) is 5.75 Å². The molecular weight excluding hydrogens is 327 g/mol. The van der Waals surface area contributed by atoms with Gasteiger partial charge in [-0.2, -0.15) is 23.5 Å². The summed E-state index contributed by atoms with van der Waals surface area (Å²) in [5, 5.41) is 21.7. The van der Waals surface area contributed by atoms with Gasteiger partial charge in [0.05, 0.1) is 18.2 Å². The van der Waals surface area contributed by atoms with Crippen molar-refractivity contribution in [2.24, 2.45) is 0 Å². The number of aromatic nitrogens is 2. The van der Waals surface area contributed by atoms with E-state index in [0.717, 1.165) is 6.07 Å². The number of alkyl halides is 3. The van der Waals surface area contributed by atoms with Crippen LogP contribution in [0.2, 0.25) is 0 Å². The van der Waals surface area contributed by atoms with Gasteiger partial charge in [-0.25, -0.2) is 4.68 Å². The average Bonchev–Trinajstić information content (AvgIpc) is 2.54. The normalized spacial score (nSPS) is 12.5. The first-order chi connectivity index (χ1) is 11.3. The van der Waals surface area contributed by atoms with Crippen LogP contribution in [-0.2, 0) is 12.7 Å². The van der Waals surface area contributed by atoms with Crippen LogP contribution < -0.4 is 10.3 Å². The standard InChI is InChI=1S/C15H12F3N3O3/c16-15(17,18)13-5-6-14(23)21(20-13)8-11(22)9-24-12-3-1-10(7-19)2-4-12/h1-6,11,22H,8-9H2. The molecule has 1 unspecified atom stereocenters. The lowest BCUT2D eigenvalue weighted by molar-refractivity contribution is -0.142. The number of hydrogen-bond acceptors (Lipinski definition) is 5. The zero-order chi connectivity index (χ0) is 17.7. The highest BCUT2D eigenvalue weighted by molar-refractivity contribution is 5.34. The third-order valence-electron chi connectivity index (χ3n) is 2.97. The minimum atomic E-state index is -4.68. The van der Waals surface area contributed by atoms with Gasteiger partial charge in [0, 0.05) is 6.07 Å². The van der Waals surface area contributed by atoms with Crippen molar-refractivity contribution >= 4 is 0 Å². The lowest BCUT2D eigenvalue weighted by atomic mass is 10.2. The van der Waals surface area contributed by atoms with Gasteiger partial charge in [-0.05, 0) is 30.3 Å². The molecule has 126 valence electrons. The van der Waals surface area contributed by atoms with E-state index in [0.29, 0.717) is 22.1 Å². The Balaban J connectivity index is 2.00. The van der Waals surface area contributed by atoms with Crippen LogP contribution in [0.15, 0.2) is 41.2 Å². The topological polar surface area (TPSA) is 88.1 Å². The lowest BCUT2D eigenvalue weighted by Crippen LogP contribution is -2.33. The molecule has 0 aliphatic heterocycles. The largest absolute Gasteiger partial charge is 0.491 e. The molecule has 0 saturated carbocycles. The predicted octanol–water partition coefficient (Wildman–Crippen LogP) is 1.57. The van der Waals surface area contributed by atoms with Crippen LogP contribution in [0.4, 0.5) is 13.2 Å². The number of halogens is 3. The van der Waals surface area contributed by atoms with E-state index in [1.54, 1.807) is 0 Å². The van der Waals surface area contributed by atoms with Crippen molar-refractivity contribution in [1.29, 1.82) is 5.26 Å². The second kappa shape index (κ2) is 7.14. The molecule has 0 aliphatic rings. The van der Waals surface area contributed by atoms with Crippen LogP contribution in [0.25, 0.3) is 0 Å². The summed E-state index contributed by atoms with van der Waals surface area (Å²) in [5.74, 6) is 0.373. The van der Waals surface area contributed by atoms with Crippen molar-refractivity contribution in [3.63, 3.8) is 0 Å². The molecule has 1 aromatic heterocycles. The molecule has 0 radical (unpaired) electrons. The SMILES string of the molecule is N#Cc1ccc(OCC(O)Cn2nc(C(F)(F)F)ccc2=O)cc1. The van der Waals surface area contributed by atoms with Gasteiger partial charge in [-0.15, -0.1) is 0 Å². The van der Waals surface area contributed by atoms with Crippen LogP contribution in [-0.4, -0.2) is 27.6 Å². The molecule has 0 saturated heterocycles. The third kappa shape index (κ3) is 4.57. The van der Waals surface area contributed by atoms with E-state index in [-0.39, 0.29) is 6.61 Å². The minimum absolute atomic E-state index is 0.254. The highest BCUT2D eigenvalue weighted by Crippen LogP contribution is 2.26. The Labute approximate surface area is 134 Å². The van der Waals surface area contributed by atoms with E-state index in [1.807, 2.05) is 6.07 Å². The molecule has 0 aliphatic carbocycles. The van der Waals surface area contributed by atoms with Gasteiger partial charge in [0.15, 0.2) is 5.69 Å². The number of benzene rings is 1. The molecule has 1 atom stereocenters. The summed E-state index contributed by atoms with van der Waals surface area (Å²) in [5.41, 5.74) is -1.55. The fraction of sp³-hybridized carbons (Fsp3) is 0.267. The number of rotatable bonds is 5. The van der Waals surface area contributed by atoms with Gasteiger partial charge in [0.25, 0.3) is 5.56 Å². The zero-order valence-electron chi connectivity index (χ0n) is 12.2. The molecule has 24 heavy (non-hydrogen) atoms. The van der Waals surface area contributed by atoms with Gasteiger partial charge in [-0.3, -0.25) is 4.79 Å². The van der Waals surface area contributed by atoms with E-state index in [2.05, 4.69) is 5.10 Å². The summed E-state index contributed by atoms with van der Waals surface area (Å²) in [7, 11) is 0. The van der Waals surface area contributed by atoms with Crippen molar-refractivity contribution in [2.45, 2.75) is 18.8 Å². The molecule has 0 fully saturated rings. The number of nitrogens with zero attached hydrogens (tertiary/aromatic N) is 3. The molecule has 1 aromatic carbocycles. The summed E-state index contributed by atoms with van der Waals surface area (Å²) in [6.07, 6.45) is -5.92. The fourth-order valence-electron chi connectivity index (χ4n) is 1.80. The number of ether oxygens (including phenoxy) is 1. The first-order valence-corrected chi connectivity index (χ1v) is 6.76. The lowest BCUT2D eigenvalue weighted by Gasteiger charge is -2.14. The molecule has 0 bridgehead atoms. The van der Waals surface area contributed by atoms with Crippen LogP contribution >= 0.6 is 0 Å². The molecule has 2 rings (SSSR count). The van der Waals surface area contributed by atoms with Crippen molar-refractivity contribution < 1.29 is 23.0 Å². The molecular formula is C15H12F3N3O3. The number of aliphatic hydroxyl groups excluding tert-OH is 1. The van der Waals surface area contributed by atoms with Gasteiger partial charge in [-0.1, -0.05) is 0 Å². The molecule has 0 amide bonds. The number of hydrogen-bond donors (Lipinski definition) is 1. The summed E-state index contributed by atoms with van der Waals surface area (Å²) in [6, 6.07) is 9.31. The first-order valence-electron chi connectivity index (χ1n) is 6.76. The quantitative estimate of drug-likeness (QED) is 0.893. The number of aliphatic hydroxyl groups is 1. The smallest absolute Gasteiger partial charge is 0.435 e. The predicted molar refractivity (Wildman–Crippen MR) is 76.2 cm³/mol.